The molecule has 0 spiro atoms. The van der Waals surface area contributed by atoms with Gasteiger partial charge < -0.3 is 5.32 Å². The summed E-state index contributed by atoms with van der Waals surface area (Å²) in [6, 6.07) is 0. The van der Waals surface area contributed by atoms with E-state index in [1.807, 2.05) is 0 Å². The first-order chi connectivity index (χ1) is 9.60. The summed E-state index contributed by atoms with van der Waals surface area (Å²) in [5.74, 6) is 2.45. The molecule has 1 aromatic rings. The lowest BCUT2D eigenvalue weighted by Crippen LogP contribution is -2.28. The van der Waals surface area contributed by atoms with Gasteiger partial charge in [-0.2, -0.15) is 0 Å². The zero-order valence-electron chi connectivity index (χ0n) is 13.1. The molecular formula is C17H27N3. The summed E-state index contributed by atoms with van der Waals surface area (Å²) in [5.41, 5.74) is 3.14. The van der Waals surface area contributed by atoms with Gasteiger partial charge in [-0.1, -0.05) is 20.8 Å². The van der Waals surface area contributed by atoms with Crippen molar-refractivity contribution in [3.05, 3.63) is 23.3 Å². The van der Waals surface area contributed by atoms with Crippen molar-refractivity contribution < 1.29 is 0 Å². The van der Waals surface area contributed by atoms with E-state index in [0.717, 1.165) is 37.7 Å². The van der Waals surface area contributed by atoms with Crippen molar-refractivity contribution >= 4 is 0 Å². The van der Waals surface area contributed by atoms with Crippen molar-refractivity contribution in [2.75, 3.05) is 13.1 Å². The Morgan fingerprint density at radius 2 is 2.20 bits per heavy atom. The maximum atomic E-state index is 4.87. The molecule has 2 aliphatic carbocycles. The van der Waals surface area contributed by atoms with E-state index in [9.17, 15) is 0 Å². The maximum absolute atomic E-state index is 4.87. The Hall–Kier alpha value is -0.960. The zero-order chi connectivity index (χ0) is 14.2. The highest BCUT2D eigenvalue weighted by molar-refractivity contribution is 5.25. The topological polar surface area (TPSA) is 37.8 Å². The maximum Gasteiger partial charge on any atom is 0.132 e. The SMILES string of the molecule is CCCNCC1CCc2nc(C3CC3(C)C)ncc2C1. The number of aryl methyl sites for hydroxylation is 1. The third-order valence-corrected chi connectivity index (χ3v) is 4.96. The second-order valence-electron chi connectivity index (χ2n) is 7.26. The third kappa shape index (κ3) is 2.88. The van der Waals surface area contributed by atoms with Crippen LogP contribution in [-0.2, 0) is 12.8 Å². The standard InChI is InChI=1S/C17H27N3/c1-4-7-18-10-12-5-6-15-13(8-12)11-19-16(20-15)14-9-17(14,2)3/h11-12,14,18H,4-10H2,1-3H3. The molecule has 110 valence electrons. The van der Waals surface area contributed by atoms with Gasteiger partial charge in [0.1, 0.15) is 5.82 Å². The normalized spacial score (nSPS) is 27.1. The van der Waals surface area contributed by atoms with Gasteiger partial charge in [-0.3, -0.25) is 0 Å². The number of hydrogen-bond donors (Lipinski definition) is 1. The van der Waals surface area contributed by atoms with Gasteiger partial charge in [-0.05, 0) is 62.1 Å². The summed E-state index contributed by atoms with van der Waals surface area (Å²) in [6.07, 6.45) is 8.13. The number of aromatic nitrogens is 2. The molecule has 0 aromatic carbocycles. The van der Waals surface area contributed by atoms with Crippen LogP contribution in [0.3, 0.4) is 0 Å². The molecule has 0 bridgehead atoms. The summed E-state index contributed by atoms with van der Waals surface area (Å²) in [6.45, 7) is 9.13. The van der Waals surface area contributed by atoms with Gasteiger partial charge in [0.05, 0.1) is 0 Å². The van der Waals surface area contributed by atoms with Crippen LogP contribution in [0.5, 0.6) is 0 Å². The minimum Gasteiger partial charge on any atom is -0.316 e. The van der Waals surface area contributed by atoms with E-state index in [1.165, 1.54) is 30.5 Å². The largest absolute Gasteiger partial charge is 0.316 e. The minimum absolute atomic E-state index is 0.426. The molecule has 0 aliphatic heterocycles. The molecule has 1 heterocycles. The van der Waals surface area contributed by atoms with Crippen LogP contribution in [0.25, 0.3) is 0 Å². The average Bonchev–Trinajstić information content (AvgIpc) is 3.07. The Balaban J connectivity index is 1.64. The van der Waals surface area contributed by atoms with Gasteiger partial charge in [-0.25, -0.2) is 9.97 Å². The van der Waals surface area contributed by atoms with Crippen molar-refractivity contribution in [1.82, 2.24) is 15.3 Å². The quantitative estimate of drug-likeness (QED) is 0.838. The summed E-state index contributed by atoms with van der Waals surface area (Å²) < 4.78 is 0. The van der Waals surface area contributed by atoms with Gasteiger partial charge in [-0.15, -0.1) is 0 Å². The molecule has 3 heteroatoms. The zero-order valence-corrected chi connectivity index (χ0v) is 13.1. The van der Waals surface area contributed by atoms with E-state index >= 15 is 0 Å². The molecule has 1 fully saturated rings. The van der Waals surface area contributed by atoms with Crippen LogP contribution in [0.1, 0.15) is 63.0 Å². The first-order valence-corrected chi connectivity index (χ1v) is 8.15. The van der Waals surface area contributed by atoms with Gasteiger partial charge in [0.25, 0.3) is 0 Å². The Bertz CT molecular complexity index is 481. The summed E-state index contributed by atoms with van der Waals surface area (Å²) in [5, 5.41) is 3.55. The third-order valence-electron chi connectivity index (χ3n) is 4.96. The molecule has 2 unspecified atom stereocenters. The van der Waals surface area contributed by atoms with Crippen LogP contribution in [0.4, 0.5) is 0 Å². The fraction of sp³-hybridized carbons (Fsp3) is 0.765. The van der Waals surface area contributed by atoms with E-state index in [4.69, 9.17) is 4.98 Å². The van der Waals surface area contributed by atoms with Crippen molar-refractivity contribution in [2.45, 2.75) is 58.8 Å². The van der Waals surface area contributed by atoms with Crippen LogP contribution >= 0.6 is 0 Å². The van der Waals surface area contributed by atoms with E-state index < -0.39 is 0 Å². The summed E-state index contributed by atoms with van der Waals surface area (Å²) >= 11 is 0. The summed E-state index contributed by atoms with van der Waals surface area (Å²) in [7, 11) is 0. The van der Waals surface area contributed by atoms with Gasteiger partial charge in [0.2, 0.25) is 0 Å². The molecule has 1 aromatic heterocycles. The number of nitrogens with zero attached hydrogens (tertiary/aromatic N) is 2. The first kappa shape index (κ1) is 14.0. The van der Waals surface area contributed by atoms with Crippen LogP contribution in [0.15, 0.2) is 6.20 Å². The Labute approximate surface area is 122 Å². The molecule has 1 N–H and O–H groups in total. The fourth-order valence-electron chi connectivity index (χ4n) is 3.33. The van der Waals surface area contributed by atoms with E-state index in [0.29, 0.717) is 11.3 Å². The highest BCUT2D eigenvalue weighted by atomic mass is 14.9. The second kappa shape index (κ2) is 5.44. The lowest BCUT2D eigenvalue weighted by Gasteiger charge is -2.24. The molecule has 1 saturated carbocycles. The monoisotopic (exact) mass is 273 g/mol. The van der Waals surface area contributed by atoms with Crippen molar-refractivity contribution in [3.8, 4) is 0 Å². The van der Waals surface area contributed by atoms with Crippen molar-refractivity contribution in [2.24, 2.45) is 11.3 Å². The minimum atomic E-state index is 0.426. The Kier molecular flexibility index (Phi) is 3.80. The molecule has 0 amide bonds. The number of rotatable bonds is 5. The lowest BCUT2D eigenvalue weighted by molar-refractivity contribution is 0.419. The number of fused-ring (bicyclic) bond motifs is 1. The van der Waals surface area contributed by atoms with E-state index in [2.05, 4.69) is 37.3 Å². The molecular weight excluding hydrogens is 246 g/mol. The van der Waals surface area contributed by atoms with Crippen LogP contribution < -0.4 is 5.32 Å². The second-order valence-corrected chi connectivity index (χ2v) is 7.26. The van der Waals surface area contributed by atoms with Gasteiger partial charge in [0.15, 0.2) is 0 Å². The van der Waals surface area contributed by atoms with E-state index in [-0.39, 0.29) is 0 Å². The predicted molar refractivity (Wildman–Crippen MR) is 81.8 cm³/mol. The highest BCUT2D eigenvalue weighted by Crippen LogP contribution is 2.57. The molecule has 0 saturated heterocycles. The smallest absolute Gasteiger partial charge is 0.132 e. The molecule has 3 nitrogen and oxygen atoms in total. The van der Waals surface area contributed by atoms with Gasteiger partial charge >= 0.3 is 0 Å². The molecule has 0 radical (unpaired) electrons. The predicted octanol–water partition coefficient (Wildman–Crippen LogP) is 3.09. The van der Waals surface area contributed by atoms with Crippen molar-refractivity contribution in [1.29, 1.82) is 0 Å². The average molecular weight is 273 g/mol. The molecule has 20 heavy (non-hydrogen) atoms. The van der Waals surface area contributed by atoms with Gasteiger partial charge in [0, 0.05) is 17.8 Å². The van der Waals surface area contributed by atoms with Crippen LogP contribution in [0, 0.1) is 11.3 Å². The fourth-order valence-corrected chi connectivity index (χ4v) is 3.33. The summed E-state index contributed by atoms with van der Waals surface area (Å²) in [4.78, 5) is 9.52. The molecule has 3 rings (SSSR count). The molecule has 2 atom stereocenters. The van der Waals surface area contributed by atoms with Crippen LogP contribution in [-0.4, -0.2) is 23.1 Å². The first-order valence-electron chi connectivity index (χ1n) is 8.15. The lowest BCUT2D eigenvalue weighted by atomic mass is 9.87. The number of nitrogens with one attached hydrogen (secondary N) is 1. The van der Waals surface area contributed by atoms with Crippen LogP contribution in [0.2, 0.25) is 0 Å². The highest BCUT2D eigenvalue weighted by Gasteiger charge is 2.48. The Morgan fingerprint density at radius 1 is 1.40 bits per heavy atom. The van der Waals surface area contributed by atoms with Crippen molar-refractivity contribution in [3.63, 3.8) is 0 Å². The Morgan fingerprint density at radius 3 is 2.90 bits per heavy atom. The molecule has 2 aliphatic rings. The van der Waals surface area contributed by atoms with E-state index in [1.54, 1.807) is 0 Å². The number of hydrogen-bond acceptors (Lipinski definition) is 3.